The highest BCUT2D eigenvalue weighted by atomic mass is 16.5. The number of carbonyl (C=O) groups excluding carboxylic acids is 1. The van der Waals surface area contributed by atoms with Gasteiger partial charge in [0.1, 0.15) is 0 Å². The molecule has 0 N–H and O–H groups in total. The molecule has 0 bridgehead atoms. The van der Waals surface area contributed by atoms with Gasteiger partial charge in [-0.3, -0.25) is 4.79 Å². The predicted molar refractivity (Wildman–Crippen MR) is 75.8 cm³/mol. The van der Waals surface area contributed by atoms with Gasteiger partial charge >= 0.3 is 5.97 Å². The van der Waals surface area contributed by atoms with Crippen molar-refractivity contribution >= 4 is 5.97 Å². The zero-order valence-electron chi connectivity index (χ0n) is 11.9. The van der Waals surface area contributed by atoms with E-state index in [1.807, 2.05) is 18.2 Å². The smallest absolute Gasteiger partial charge is 0.305 e. The van der Waals surface area contributed by atoms with Gasteiger partial charge in [0.25, 0.3) is 0 Å². The van der Waals surface area contributed by atoms with Gasteiger partial charge < -0.3 is 9.47 Å². The van der Waals surface area contributed by atoms with Gasteiger partial charge in [0.15, 0.2) is 0 Å². The number of carbonyl (C=O) groups is 1. The van der Waals surface area contributed by atoms with Gasteiger partial charge in [-0.1, -0.05) is 44.2 Å². The fourth-order valence-corrected chi connectivity index (χ4v) is 1.79. The lowest BCUT2D eigenvalue weighted by molar-refractivity contribution is -0.143. The van der Waals surface area contributed by atoms with E-state index < -0.39 is 0 Å². The van der Waals surface area contributed by atoms with E-state index in [1.54, 1.807) is 6.92 Å². The SMILES string of the molecule is CCC(=O)OCCCC(CC)OCc1ccccc1. The van der Waals surface area contributed by atoms with Crippen LogP contribution in [0.4, 0.5) is 0 Å². The molecule has 0 aromatic heterocycles. The zero-order valence-corrected chi connectivity index (χ0v) is 11.9. The number of hydrogen-bond acceptors (Lipinski definition) is 3. The molecule has 0 saturated heterocycles. The van der Waals surface area contributed by atoms with E-state index in [0.717, 1.165) is 19.3 Å². The monoisotopic (exact) mass is 264 g/mol. The summed E-state index contributed by atoms with van der Waals surface area (Å²) in [5.74, 6) is -0.127. The molecule has 1 aromatic rings. The first-order chi connectivity index (χ1) is 9.26. The van der Waals surface area contributed by atoms with Crippen molar-refractivity contribution in [1.82, 2.24) is 0 Å². The minimum absolute atomic E-state index is 0.127. The Labute approximate surface area is 115 Å². The van der Waals surface area contributed by atoms with Crippen molar-refractivity contribution < 1.29 is 14.3 Å². The highest BCUT2D eigenvalue weighted by Crippen LogP contribution is 2.11. The van der Waals surface area contributed by atoms with Crippen LogP contribution >= 0.6 is 0 Å². The summed E-state index contributed by atoms with van der Waals surface area (Å²) >= 11 is 0. The normalized spacial score (nSPS) is 12.1. The van der Waals surface area contributed by atoms with Crippen LogP contribution in [0.2, 0.25) is 0 Å². The Morgan fingerprint density at radius 3 is 2.58 bits per heavy atom. The first kappa shape index (κ1) is 15.7. The molecule has 0 radical (unpaired) electrons. The molecular weight excluding hydrogens is 240 g/mol. The molecule has 0 saturated carbocycles. The average Bonchev–Trinajstić information content (AvgIpc) is 2.47. The number of ether oxygens (including phenoxy) is 2. The molecular formula is C16H24O3. The summed E-state index contributed by atoms with van der Waals surface area (Å²) < 4.78 is 10.9. The van der Waals surface area contributed by atoms with Crippen molar-refractivity contribution in [3.05, 3.63) is 35.9 Å². The van der Waals surface area contributed by atoms with Crippen LogP contribution in [0.1, 0.15) is 45.1 Å². The summed E-state index contributed by atoms with van der Waals surface area (Å²) in [6, 6.07) is 10.2. The van der Waals surface area contributed by atoms with E-state index in [4.69, 9.17) is 9.47 Å². The maximum atomic E-state index is 11.0. The van der Waals surface area contributed by atoms with Gasteiger partial charge in [0.2, 0.25) is 0 Å². The van der Waals surface area contributed by atoms with Crippen molar-refractivity contribution in [3.63, 3.8) is 0 Å². The summed E-state index contributed by atoms with van der Waals surface area (Å²) in [6.45, 7) is 5.07. The lowest BCUT2D eigenvalue weighted by atomic mass is 10.1. The maximum Gasteiger partial charge on any atom is 0.305 e. The summed E-state index contributed by atoms with van der Waals surface area (Å²) in [5.41, 5.74) is 1.19. The number of rotatable bonds is 9. The van der Waals surface area contributed by atoms with Crippen molar-refractivity contribution in [2.45, 2.75) is 52.2 Å². The maximum absolute atomic E-state index is 11.0. The molecule has 106 valence electrons. The quantitative estimate of drug-likeness (QED) is 0.504. The first-order valence-electron chi connectivity index (χ1n) is 7.07. The number of hydrogen-bond donors (Lipinski definition) is 0. The van der Waals surface area contributed by atoms with Gasteiger partial charge in [-0.05, 0) is 24.8 Å². The van der Waals surface area contributed by atoms with E-state index in [2.05, 4.69) is 19.1 Å². The number of benzene rings is 1. The fourth-order valence-electron chi connectivity index (χ4n) is 1.79. The highest BCUT2D eigenvalue weighted by molar-refractivity contribution is 5.68. The third-order valence-electron chi connectivity index (χ3n) is 3.01. The lowest BCUT2D eigenvalue weighted by Crippen LogP contribution is -2.13. The molecule has 0 amide bonds. The molecule has 1 rings (SSSR count). The Morgan fingerprint density at radius 2 is 1.95 bits per heavy atom. The van der Waals surface area contributed by atoms with Crippen molar-refractivity contribution in [2.24, 2.45) is 0 Å². The third-order valence-corrected chi connectivity index (χ3v) is 3.01. The standard InChI is InChI=1S/C16H24O3/c1-3-15(11-8-12-18-16(17)4-2)19-13-14-9-6-5-7-10-14/h5-7,9-10,15H,3-4,8,11-13H2,1-2H3. The minimum atomic E-state index is -0.127. The van der Waals surface area contributed by atoms with Crippen LogP contribution in [0.25, 0.3) is 0 Å². The Bertz CT molecular complexity index is 348. The molecule has 1 atom stereocenters. The van der Waals surface area contributed by atoms with Crippen molar-refractivity contribution in [2.75, 3.05) is 6.61 Å². The van der Waals surface area contributed by atoms with Gasteiger partial charge in [-0.15, -0.1) is 0 Å². The van der Waals surface area contributed by atoms with Crippen LogP contribution < -0.4 is 0 Å². The Hall–Kier alpha value is -1.35. The minimum Gasteiger partial charge on any atom is -0.466 e. The number of esters is 1. The second-order valence-electron chi connectivity index (χ2n) is 4.54. The second-order valence-corrected chi connectivity index (χ2v) is 4.54. The summed E-state index contributed by atoms with van der Waals surface area (Å²) in [4.78, 5) is 11.0. The predicted octanol–water partition coefficient (Wildman–Crippen LogP) is 3.72. The lowest BCUT2D eigenvalue weighted by Gasteiger charge is -2.16. The molecule has 0 fully saturated rings. The average molecular weight is 264 g/mol. The van der Waals surface area contributed by atoms with Crippen LogP contribution in [0.5, 0.6) is 0 Å². The summed E-state index contributed by atoms with van der Waals surface area (Å²) in [7, 11) is 0. The Balaban J connectivity index is 2.17. The van der Waals surface area contributed by atoms with Crippen molar-refractivity contribution in [3.8, 4) is 0 Å². The van der Waals surface area contributed by atoms with Gasteiger partial charge in [-0.2, -0.15) is 0 Å². The van der Waals surface area contributed by atoms with Crippen LogP contribution in [-0.4, -0.2) is 18.7 Å². The molecule has 0 spiro atoms. The fraction of sp³-hybridized carbons (Fsp3) is 0.562. The largest absolute Gasteiger partial charge is 0.466 e. The zero-order chi connectivity index (χ0) is 13.9. The van der Waals surface area contributed by atoms with E-state index in [-0.39, 0.29) is 12.1 Å². The molecule has 1 aromatic carbocycles. The van der Waals surface area contributed by atoms with Crippen LogP contribution in [0.3, 0.4) is 0 Å². The molecule has 0 aliphatic carbocycles. The Morgan fingerprint density at radius 1 is 1.21 bits per heavy atom. The summed E-state index contributed by atoms with van der Waals surface area (Å²) in [6.07, 6.45) is 3.45. The topological polar surface area (TPSA) is 35.5 Å². The molecule has 19 heavy (non-hydrogen) atoms. The molecule has 0 aliphatic rings. The molecule has 0 heterocycles. The van der Waals surface area contributed by atoms with Crippen LogP contribution in [-0.2, 0) is 20.9 Å². The second kappa shape index (κ2) is 9.56. The van der Waals surface area contributed by atoms with E-state index in [9.17, 15) is 4.79 Å². The van der Waals surface area contributed by atoms with Gasteiger partial charge in [-0.25, -0.2) is 0 Å². The van der Waals surface area contributed by atoms with E-state index >= 15 is 0 Å². The van der Waals surface area contributed by atoms with Crippen LogP contribution in [0, 0.1) is 0 Å². The molecule has 3 nitrogen and oxygen atoms in total. The molecule has 3 heteroatoms. The highest BCUT2D eigenvalue weighted by Gasteiger charge is 2.07. The first-order valence-corrected chi connectivity index (χ1v) is 7.07. The third kappa shape index (κ3) is 6.97. The molecule has 1 unspecified atom stereocenters. The van der Waals surface area contributed by atoms with E-state index in [1.165, 1.54) is 5.56 Å². The van der Waals surface area contributed by atoms with Gasteiger partial charge in [0, 0.05) is 6.42 Å². The Kier molecular flexibility index (Phi) is 7.91. The molecule has 0 aliphatic heterocycles. The summed E-state index contributed by atoms with van der Waals surface area (Å²) in [5, 5.41) is 0. The van der Waals surface area contributed by atoms with Crippen molar-refractivity contribution in [1.29, 1.82) is 0 Å². The van der Waals surface area contributed by atoms with Crippen LogP contribution in [0.15, 0.2) is 30.3 Å². The van der Waals surface area contributed by atoms with E-state index in [0.29, 0.717) is 19.6 Å². The van der Waals surface area contributed by atoms with Gasteiger partial charge in [0.05, 0.1) is 19.3 Å².